The average Bonchev–Trinajstić information content (AvgIpc) is 2.67. The molecule has 0 aliphatic carbocycles. The highest BCUT2D eigenvalue weighted by Crippen LogP contribution is 2.29. The molecule has 0 saturated heterocycles. The van der Waals surface area contributed by atoms with Crippen LogP contribution in [0, 0.1) is 11.3 Å². The fourth-order valence-corrected chi connectivity index (χ4v) is 2.43. The van der Waals surface area contributed by atoms with E-state index in [1.165, 1.54) is 24.4 Å². The molecule has 0 aliphatic heterocycles. The zero-order valence-electron chi connectivity index (χ0n) is 15.5. The lowest BCUT2D eigenvalue weighted by atomic mass is 10.2. The van der Waals surface area contributed by atoms with E-state index in [9.17, 15) is 13.2 Å². The lowest BCUT2D eigenvalue weighted by Gasteiger charge is -2.14. The molecule has 0 spiro atoms. The van der Waals surface area contributed by atoms with E-state index >= 15 is 0 Å². The maximum Gasteiger partial charge on any atom is 0.433 e. The Morgan fingerprint density at radius 2 is 1.79 bits per heavy atom. The van der Waals surface area contributed by atoms with Crippen LogP contribution in [0.15, 0.2) is 42.6 Å². The Morgan fingerprint density at radius 3 is 2.48 bits per heavy atom. The minimum absolute atomic E-state index is 0.0114. The summed E-state index contributed by atoms with van der Waals surface area (Å²) in [6.07, 6.45) is -3.11. The van der Waals surface area contributed by atoms with Crippen molar-refractivity contribution in [3.63, 3.8) is 0 Å². The van der Waals surface area contributed by atoms with Crippen LogP contribution in [0.25, 0.3) is 11.5 Å². The van der Waals surface area contributed by atoms with E-state index in [4.69, 9.17) is 5.26 Å². The number of hydrogen-bond donors (Lipinski definition) is 2. The van der Waals surface area contributed by atoms with Crippen molar-refractivity contribution in [3.8, 4) is 17.6 Å². The van der Waals surface area contributed by atoms with E-state index < -0.39 is 11.9 Å². The van der Waals surface area contributed by atoms with E-state index in [-0.39, 0.29) is 23.3 Å². The minimum atomic E-state index is -4.57. The molecule has 0 aromatic carbocycles. The van der Waals surface area contributed by atoms with Crippen LogP contribution >= 0.6 is 0 Å². The quantitative estimate of drug-likeness (QED) is 0.656. The van der Waals surface area contributed by atoms with Gasteiger partial charge in [-0.3, -0.25) is 0 Å². The summed E-state index contributed by atoms with van der Waals surface area (Å²) in [6.45, 7) is 3.80. The molecular formula is C19H16F3N7. The highest BCUT2D eigenvalue weighted by atomic mass is 19.4. The van der Waals surface area contributed by atoms with Crippen molar-refractivity contribution in [2.75, 3.05) is 10.6 Å². The molecule has 0 fully saturated rings. The normalized spacial score (nSPS) is 11.2. The fraction of sp³-hybridized carbons (Fsp3) is 0.211. The molecule has 29 heavy (non-hydrogen) atoms. The van der Waals surface area contributed by atoms with Crippen LogP contribution in [0.5, 0.6) is 0 Å². The van der Waals surface area contributed by atoms with Gasteiger partial charge in [-0.25, -0.2) is 19.9 Å². The molecule has 3 heterocycles. The first-order valence-electron chi connectivity index (χ1n) is 8.58. The second-order valence-corrected chi connectivity index (χ2v) is 6.33. The zero-order chi connectivity index (χ0) is 21.0. The SMILES string of the molecule is CC(C)Nc1cc(Nc2ccnc(C#N)c2)nc(-c2cccc(C(F)(F)F)n2)n1. The number of pyridine rings is 2. The third kappa shape index (κ3) is 5.16. The van der Waals surface area contributed by atoms with Crippen LogP contribution in [0.1, 0.15) is 25.2 Å². The number of rotatable bonds is 5. The Morgan fingerprint density at radius 1 is 1.03 bits per heavy atom. The summed E-state index contributed by atoms with van der Waals surface area (Å²) in [5.74, 6) is 0.771. The van der Waals surface area contributed by atoms with Crippen LogP contribution in [0.4, 0.5) is 30.5 Å². The van der Waals surface area contributed by atoms with Crippen molar-refractivity contribution in [1.82, 2.24) is 19.9 Å². The maximum absolute atomic E-state index is 13.0. The molecule has 10 heteroatoms. The molecule has 3 rings (SSSR count). The number of nitrogens with zero attached hydrogens (tertiary/aromatic N) is 5. The first-order chi connectivity index (χ1) is 13.7. The van der Waals surface area contributed by atoms with Crippen molar-refractivity contribution in [2.45, 2.75) is 26.1 Å². The summed E-state index contributed by atoms with van der Waals surface area (Å²) >= 11 is 0. The number of anilines is 3. The third-order valence-corrected chi connectivity index (χ3v) is 3.58. The van der Waals surface area contributed by atoms with Crippen LogP contribution in [0.3, 0.4) is 0 Å². The Bertz CT molecular complexity index is 1060. The van der Waals surface area contributed by atoms with Crippen molar-refractivity contribution < 1.29 is 13.2 Å². The average molecular weight is 399 g/mol. The van der Waals surface area contributed by atoms with Gasteiger partial charge in [0.05, 0.1) is 0 Å². The molecule has 0 atom stereocenters. The Hall–Kier alpha value is -3.74. The molecule has 0 saturated carbocycles. The van der Waals surface area contributed by atoms with Crippen molar-refractivity contribution >= 4 is 17.3 Å². The predicted molar refractivity (Wildman–Crippen MR) is 101 cm³/mol. The van der Waals surface area contributed by atoms with Crippen molar-refractivity contribution in [1.29, 1.82) is 5.26 Å². The smallest absolute Gasteiger partial charge is 0.368 e. The third-order valence-electron chi connectivity index (χ3n) is 3.58. The highest BCUT2D eigenvalue weighted by molar-refractivity contribution is 5.64. The number of hydrogen-bond acceptors (Lipinski definition) is 7. The van der Waals surface area contributed by atoms with Gasteiger partial charge in [-0.05, 0) is 38.1 Å². The molecule has 3 aromatic heterocycles. The van der Waals surface area contributed by atoms with Gasteiger partial charge < -0.3 is 10.6 Å². The second-order valence-electron chi connectivity index (χ2n) is 6.33. The monoisotopic (exact) mass is 399 g/mol. The number of alkyl halides is 3. The van der Waals surface area contributed by atoms with E-state index in [0.29, 0.717) is 17.3 Å². The number of nitriles is 1. The zero-order valence-corrected chi connectivity index (χ0v) is 15.5. The summed E-state index contributed by atoms with van der Waals surface area (Å²) in [4.78, 5) is 16.1. The maximum atomic E-state index is 13.0. The van der Waals surface area contributed by atoms with Gasteiger partial charge in [-0.2, -0.15) is 18.4 Å². The van der Waals surface area contributed by atoms with Gasteiger partial charge in [0.1, 0.15) is 34.8 Å². The molecule has 0 radical (unpaired) electrons. The molecule has 3 aromatic rings. The highest BCUT2D eigenvalue weighted by Gasteiger charge is 2.32. The summed E-state index contributed by atoms with van der Waals surface area (Å²) in [5.41, 5.74) is -0.274. The van der Waals surface area contributed by atoms with Crippen LogP contribution < -0.4 is 10.6 Å². The van der Waals surface area contributed by atoms with E-state index in [0.717, 1.165) is 6.07 Å². The summed E-state index contributed by atoms with van der Waals surface area (Å²) in [5, 5.41) is 15.1. The van der Waals surface area contributed by atoms with Gasteiger partial charge in [0.15, 0.2) is 5.82 Å². The fourth-order valence-electron chi connectivity index (χ4n) is 2.43. The Labute approximate surface area is 164 Å². The minimum Gasteiger partial charge on any atom is -0.368 e. The molecule has 0 bridgehead atoms. The predicted octanol–water partition coefficient (Wildman–Crippen LogP) is 4.39. The van der Waals surface area contributed by atoms with Crippen molar-refractivity contribution in [2.24, 2.45) is 0 Å². The lowest BCUT2D eigenvalue weighted by molar-refractivity contribution is -0.141. The molecule has 2 N–H and O–H groups in total. The second kappa shape index (κ2) is 8.10. The van der Waals surface area contributed by atoms with E-state index in [2.05, 4.69) is 30.6 Å². The van der Waals surface area contributed by atoms with Gasteiger partial charge in [-0.15, -0.1) is 0 Å². The summed E-state index contributed by atoms with van der Waals surface area (Å²) < 4.78 is 39.0. The first kappa shape index (κ1) is 20.0. The number of halogens is 3. The van der Waals surface area contributed by atoms with Gasteiger partial charge in [0.2, 0.25) is 0 Å². The van der Waals surface area contributed by atoms with E-state index in [1.807, 2.05) is 19.9 Å². The Kier molecular flexibility index (Phi) is 5.59. The topological polar surface area (TPSA) is 99.4 Å². The van der Waals surface area contributed by atoms with Gasteiger partial charge in [0, 0.05) is 24.0 Å². The molecule has 0 amide bonds. The largest absolute Gasteiger partial charge is 0.433 e. The van der Waals surface area contributed by atoms with Crippen LogP contribution in [0.2, 0.25) is 0 Å². The van der Waals surface area contributed by atoms with E-state index in [1.54, 1.807) is 12.1 Å². The molecule has 7 nitrogen and oxygen atoms in total. The number of aromatic nitrogens is 4. The summed E-state index contributed by atoms with van der Waals surface area (Å²) in [7, 11) is 0. The van der Waals surface area contributed by atoms with Crippen molar-refractivity contribution in [3.05, 3.63) is 54.0 Å². The van der Waals surface area contributed by atoms with Gasteiger partial charge in [-0.1, -0.05) is 6.07 Å². The van der Waals surface area contributed by atoms with Crippen LogP contribution in [-0.2, 0) is 6.18 Å². The Balaban J connectivity index is 2.03. The molecule has 0 unspecified atom stereocenters. The van der Waals surface area contributed by atoms with Gasteiger partial charge in [0.25, 0.3) is 0 Å². The molecular weight excluding hydrogens is 383 g/mol. The summed E-state index contributed by atoms with van der Waals surface area (Å²) in [6, 6.07) is 10.3. The lowest BCUT2D eigenvalue weighted by Crippen LogP contribution is -2.13. The first-order valence-corrected chi connectivity index (χ1v) is 8.58. The molecule has 148 valence electrons. The van der Waals surface area contributed by atoms with Gasteiger partial charge >= 0.3 is 6.18 Å². The van der Waals surface area contributed by atoms with Crippen LogP contribution in [-0.4, -0.2) is 26.0 Å². The number of nitrogens with one attached hydrogen (secondary N) is 2. The standard InChI is InChI=1S/C19H16F3N7/c1-11(2)25-16-9-17(26-12-6-7-24-13(8-12)10-23)29-18(28-16)14-4-3-5-15(27-14)19(20,21)22/h3-9,11H,1-2H3,(H2,24,25,26,28,29). The molecule has 0 aliphatic rings.